The summed E-state index contributed by atoms with van der Waals surface area (Å²) >= 11 is 0. The third kappa shape index (κ3) is 1.17. The van der Waals surface area contributed by atoms with E-state index in [1.165, 1.54) is 5.39 Å². The summed E-state index contributed by atoms with van der Waals surface area (Å²) in [5.74, 6) is 0.0281. The molecule has 4 rings (SSSR count). The van der Waals surface area contributed by atoms with Gasteiger partial charge in [-0.1, -0.05) is 24.3 Å². The Labute approximate surface area is 103 Å². The van der Waals surface area contributed by atoms with Gasteiger partial charge in [-0.05, 0) is 40.6 Å². The Bertz CT molecular complexity index is 885. The predicted octanol–water partition coefficient (Wildman–Crippen LogP) is 2.48. The Hall–Kier alpha value is -2.48. The summed E-state index contributed by atoms with van der Waals surface area (Å²) in [4.78, 5) is 16.0. The molecule has 0 N–H and O–H groups in total. The molecule has 0 atom stereocenters. The fourth-order valence-corrected chi connectivity index (χ4v) is 2.62. The smallest absolute Gasteiger partial charge is 0.179 e. The standard InChI is InChI=1S/C16H9NO/c18-13-5-4-11-8-12-3-1-2-10-6-7-17-16(15(10)12)14(11)9-13/h1-9H. The summed E-state index contributed by atoms with van der Waals surface area (Å²) in [7, 11) is 0. The molecule has 18 heavy (non-hydrogen) atoms. The van der Waals surface area contributed by atoms with Crippen LogP contribution < -0.4 is 5.22 Å². The normalized spacial score (nSPS) is 13.9. The van der Waals surface area contributed by atoms with Crippen molar-refractivity contribution in [2.24, 2.45) is 0 Å². The van der Waals surface area contributed by atoms with Crippen molar-refractivity contribution in [3.63, 3.8) is 0 Å². The van der Waals surface area contributed by atoms with Gasteiger partial charge in [-0.2, -0.15) is 0 Å². The molecule has 0 saturated carbocycles. The average molecular weight is 231 g/mol. The fraction of sp³-hybridized carbons (Fsp3) is 0. The maximum absolute atomic E-state index is 11.5. The van der Waals surface area contributed by atoms with Gasteiger partial charge >= 0.3 is 0 Å². The molecular formula is C16H9NO. The SMILES string of the molecule is O=C1C=Cc2cc3cccc4ccnc(c2=C1)c43. The van der Waals surface area contributed by atoms with Crippen LogP contribution in [0.2, 0.25) is 0 Å². The highest BCUT2D eigenvalue weighted by molar-refractivity contribution is 6.20. The van der Waals surface area contributed by atoms with Gasteiger partial charge in [0.2, 0.25) is 0 Å². The van der Waals surface area contributed by atoms with E-state index in [1.807, 2.05) is 18.2 Å². The first-order valence-corrected chi connectivity index (χ1v) is 5.87. The van der Waals surface area contributed by atoms with Crippen molar-refractivity contribution in [3.8, 4) is 0 Å². The van der Waals surface area contributed by atoms with Gasteiger partial charge in [0.1, 0.15) is 0 Å². The summed E-state index contributed by atoms with van der Waals surface area (Å²) in [6, 6.07) is 10.3. The van der Waals surface area contributed by atoms with Crippen LogP contribution in [0.25, 0.3) is 33.8 Å². The molecule has 84 valence electrons. The summed E-state index contributed by atoms with van der Waals surface area (Å²) < 4.78 is 0. The van der Waals surface area contributed by atoms with Gasteiger partial charge < -0.3 is 0 Å². The number of allylic oxidation sites excluding steroid dienone is 1. The number of fused-ring (bicyclic) bond motifs is 2. The van der Waals surface area contributed by atoms with Crippen LogP contribution in [0.5, 0.6) is 0 Å². The molecule has 1 aromatic heterocycles. The molecular weight excluding hydrogens is 222 g/mol. The van der Waals surface area contributed by atoms with Gasteiger partial charge in [0, 0.05) is 16.8 Å². The molecule has 2 nitrogen and oxygen atoms in total. The van der Waals surface area contributed by atoms with Crippen molar-refractivity contribution < 1.29 is 4.79 Å². The first-order chi connectivity index (χ1) is 8.83. The van der Waals surface area contributed by atoms with Crippen LogP contribution >= 0.6 is 0 Å². The molecule has 0 radical (unpaired) electrons. The van der Waals surface area contributed by atoms with E-state index in [-0.39, 0.29) is 5.78 Å². The van der Waals surface area contributed by atoms with Crippen molar-refractivity contribution in [1.29, 1.82) is 0 Å². The number of hydrogen-bond donors (Lipinski definition) is 0. The van der Waals surface area contributed by atoms with Crippen molar-refractivity contribution in [3.05, 3.63) is 53.4 Å². The van der Waals surface area contributed by atoms with Crippen LogP contribution in [0.15, 0.2) is 42.6 Å². The van der Waals surface area contributed by atoms with Crippen LogP contribution in [0.3, 0.4) is 0 Å². The molecule has 1 aliphatic carbocycles. The summed E-state index contributed by atoms with van der Waals surface area (Å²) in [5.41, 5.74) is 1.98. The Morgan fingerprint density at radius 3 is 2.83 bits per heavy atom. The van der Waals surface area contributed by atoms with Gasteiger partial charge in [-0.25, -0.2) is 0 Å². The Morgan fingerprint density at radius 1 is 1.00 bits per heavy atom. The molecule has 1 heterocycles. The zero-order chi connectivity index (χ0) is 12.1. The highest BCUT2D eigenvalue weighted by atomic mass is 16.1. The third-order valence-electron chi connectivity index (χ3n) is 3.41. The minimum Gasteiger partial charge on any atom is -0.290 e. The number of nitrogens with zero attached hydrogens (tertiary/aromatic N) is 1. The molecule has 0 unspecified atom stereocenters. The molecule has 0 amide bonds. The second-order valence-corrected chi connectivity index (χ2v) is 4.50. The second kappa shape index (κ2) is 3.26. The lowest BCUT2D eigenvalue weighted by Crippen LogP contribution is -2.14. The van der Waals surface area contributed by atoms with E-state index >= 15 is 0 Å². The van der Waals surface area contributed by atoms with Crippen LogP contribution in [-0.2, 0) is 4.79 Å². The first kappa shape index (κ1) is 9.54. The zero-order valence-corrected chi connectivity index (χ0v) is 9.55. The highest BCUT2D eigenvalue weighted by Crippen LogP contribution is 2.24. The molecule has 2 aromatic carbocycles. The molecule has 1 aliphatic rings. The molecule has 0 fully saturated rings. The fourth-order valence-electron chi connectivity index (χ4n) is 2.62. The minimum absolute atomic E-state index is 0.0281. The number of carbonyl (C=O) groups excluding carboxylic acids is 1. The van der Waals surface area contributed by atoms with Gasteiger partial charge in [0.15, 0.2) is 5.78 Å². The van der Waals surface area contributed by atoms with Crippen LogP contribution in [0.1, 0.15) is 5.56 Å². The number of hydrogen-bond acceptors (Lipinski definition) is 2. The molecule has 0 spiro atoms. The van der Waals surface area contributed by atoms with Crippen LogP contribution in [0.4, 0.5) is 0 Å². The molecule has 0 bridgehead atoms. The number of benzene rings is 2. The summed E-state index contributed by atoms with van der Waals surface area (Å²) in [5, 5.41) is 4.40. The van der Waals surface area contributed by atoms with E-state index < -0.39 is 0 Å². The summed E-state index contributed by atoms with van der Waals surface area (Å²) in [6.07, 6.45) is 6.94. The number of aromatic nitrogens is 1. The van der Waals surface area contributed by atoms with Gasteiger partial charge in [0.25, 0.3) is 0 Å². The Balaban J connectivity index is 2.37. The zero-order valence-electron chi connectivity index (χ0n) is 9.55. The van der Waals surface area contributed by atoms with E-state index in [0.717, 1.165) is 27.1 Å². The lowest BCUT2D eigenvalue weighted by Gasteiger charge is -2.09. The topological polar surface area (TPSA) is 30.0 Å². The minimum atomic E-state index is 0.0281. The lowest BCUT2D eigenvalue weighted by molar-refractivity contribution is -0.109. The second-order valence-electron chi connectivity index (χ2n) is 4.50. The maximum Gasteiger partial charge on any atom is 0.179 e. The average Bonchev–Trinajstić information content (AvgIpc) is 2.40. The third-order valence-corrected chi connectivity index (χ3v) is 3.41. The first-order valence-electron chi connectivity index (χ1n) is 5.87. The number of pyridine rings is 1. The van der Waals surface area contributed by atoms with Gasteiger partial charge in [-0.15, -0.1) is 0 Å². The Morgan fingerprint density at radius 2 is 1.89 bits per heavy atom. The monoisotopic (exact) mass is 231 g/mol. The van der Waals surface area contributed by atoms with Crippen molar-refractivity contribution in [2.75, 3.05) is 0 Å². The maximum atomic E-state index is 11.5. The van der Waals surface area contributed by atoms with Crippen LogP contribution in [-0.4, -0.2) is 10.8 Å². The number of carbonyl (C=O) groups is 1. The van der Waals surface area contributed by atoms with E-state index in [0.29, 0.717) is 0 Å². The van der Waals surface area contributed by atoms with Gasteiger partial charge in [0.05, 0.1) is 5.52 Å². The number of ketones is 1. The molecule has 0 saturated heterocycles. The van der Waals surface area contributed by atoms with Gasteiger partial charge in [-0.3, -0.25) is 9.78 Å². The van der Waals surface area contributed by atoms with Crippen molar-refractivity contribution in [1.82, 2.24) is 4.98 Å². The quantitative estimate of drug-likeness (QED) is 0.595. The molecule has 0 aliphatic heterocycles. The Kier molecular flexibility index (Phi) is 1.73. The van der Waals surface area contributed by atoms with E-state index in [4.69, 9.17) is 0 Å². The van der Waals surface area contributed by atoms with E-state index in [1.54, 1.807) is 18.3 Å². The number of rotatable bonds is 0. The van der Waals surface area contributed by atoms with E-state index in [2.05, 4.69) is 23.2 Å². The largest absolute Gasteiger partial charge is 0.290 e. The predicted molar refractivity (Wildman–Crippen MR) is 73.0 cm³/mol. The molecule has 3 aromatic rings. The van der Waals surface area contributed by atoms with Crippen LogP contribution in [0, 0.1) is 0 Å². The van der Waals surface area contributed by atoms with E-state index in [9.17, 15) is 4.79 Å². The van der Waals surface area contributed by atoms with Crippen molar-refractivity contribution >= 4 is 39.6 Å². The molecule has 2 heteroatoms. The van der Waals surface area contributed by atoms with Crippen molar-refractivity contribution in [2.45, 2.75) is 0 Å². The summed E-state index contributed by atoms with van der Waals surface area (Å²) in [6.45, 7) is 0. The highest BCUT2D eigenvalue weighted by Gasteiger charge is 2.10. The lowest BCUT2D eigenvalue weighted by atomic mass is 9.96.